The molecule has 26 heavy (non-hydrogen) atoms. The fourth-order valence-corrected chi connectivity index (χ4v) is 2.61. The van der Waals surface area contributed by atoms with Crippen molar-refractivity contribution in [3.05, 3.63) is 58.1 Å². The van der Waals surface area contributed by atoms with E-state index in [9.17, 15) is 10.1 Å². The molecule has 0 bridgehead atoms. The molecule has 0 aliphatic rings. The molecule has 1 N–H and O–H groups in total. The third-order valence-corrected chi connectivity index (χ3v) is 3.98. The number of nitro groups is 1. The molecule has 0 saturated carbocycles. The number of nitro benzene ring substituents is 1. The molecule has 2 aromatic carbocycles. The van der Waals surface area contributed by atoms with E-state index in [1.807, 2.05) is 35.9 Å². The molecule has 0 saturated heterocycles. The summed E-state index contributed by atoms with van der Waals surface area (Å²) in [6.07, 6.45) is 0. The zero-order chi connectivity index (χ0) is 18.7. The van der Waals surface area contributed by atoms with Crippen molar-refractivity contribution in [3.8, 4) is 5.75 Å². The third kappa shape index (κ3) is 3.34. The van der Waals surface area contributed by atoms with Gasteiger partial charge in [0, 0.05) is 18.7 Å². The molecule has 0 spiro atoms. The number of fused-ring (bicyclic) bond motifs is 1. The van der Waals surface area contributed by atoms with Crippen LogP contribution < -0.4 is 10.2 Å². The summed E-state index contributed by atoms with van der Waals surface area (Å²) in [6.45, 7) is 3.92. The Morgan fingerprint density at radius 2 is 2.12 bits per heavy atom. The van der Waals surface area contributed by atoms with E-state index in [0.29, 0.717) is 23.8 Å². The number of aromatic nitrogens is 2. The lowest BCUT2D eigenvalue weighted by Crippen LogP contribution is -2.05. The Morgan fingerprint density at radius 1 is 1.35 bits per heavy atom. The largest absolute Gasteiger partial charge is 0.487 e. The zero-order valence-corrected chi connectivity index (χ0v) is 14.8. The van der Waals surface area contributed by atoms with Gasteiger partial charge >= 0.3 is 5.69 Å². The Bertz CT molecular complexity index is 994. The molecule has 134 valence electrons. The Kier molecular flexibility index (Phi) is 4.83. The van der Waals surface area contributed by atoms with Crippen LogP contribution in [0.3, 0.4) is 0 Å². The van der Waals surface area contributed by atoms with Crippen molar-refractivity contribution >= 4 is 28.4 Å². The van der Waals surface area contributed by atoms with Gasteiger partial charge in [-0.15, -0.1) is 0 Å². The maximum Gasteiger partial charge on any atom is 0.311 e. The highest BCUT2D eigenvalue weighted by atomic mass is 16.6. The highest BCUT2D eigenvalue weighted by molar-refractivity contribution is 5.99. The number of hydrogen-bond acceptors (Lipinski definition) is 6. The van der Waals surface area contributed by atoms with Crippen molar-refractivity contribution in [1.82, 2.24) is 9.55 Å². The van der Waals surface area contributed by atoms with Crippen LogP contribution in [0.2, 0.25) is 0 Å². The van der Waals surface area contributed by atoms with Crippen LogP contribution in [0.25, 0.3) is 11.0 Å². The van der Waals surface area contributed by atoms with E-state index >= 15 is 0 Å². The number of anilines is 1. The molecule has 1 heterocycles. The van der Waals surface area contributed by atoms with Crippen molar-refractivity contribution in [1.29, 1.82) is 0 Å². The first kappa shape index (κ1) is 17.4. The fraction of sp³-hybridized carbons (Fsp3) is 0.222. The Labute approximate surface area is 150 Å². The van der Waals surface area contributed by atoms with Gasteiger partial charge in [-0.2, -0.15) is 5.10 Å². The summed E-state index contributed by atoms with van der Waals surface area (Å²) in [7, 11) is 1.89. The number of nitrogens with zero attached hydrogens (tertiary/aromatic N) is 4. The topological polar surface area (TPSA) is 94.6 Å². The summed E-state index contributed by atoms with van der Waals surface area (Å²) in [5.41, 5.74) is 5.93. The zero-order valence-electron chi connectivity index (χ0n) is 14.8. The first-order valence-electron chi connectivity index (χ1n) is 8.14. The van der Waals surface area contributed by atoms with Gasteiger partial charge in [0.05, 0.1) is 28.3 Å². The van der Waals surface area contributed by atoms with Gasteiger partial charge in [-0.25, -0.2) is 10.4 Å². The van der Waals surface area contributed by atoms with Crippen molar-refractivity contribution in [2.75, 3.05) is 12.0 Å². The molecule has 0 atom stereocenters. The molecule has 3 rings (SSSR count). The Hall–Kier alpha value is -3.42. The fourth-order valence-electron chi connectivity index (χ4n) is 2.61. The van der Waals surface area contributed by atoms with Gasteiger partial charge in [0.15, 0.2) is 5.75 Å². The Morgan fingerprint density at radius 3 is 2.81 bits per heavy atom. The highest BCUT2D eigenvalue weighted by Gasteiger charge is 2.16. The minimum Gasteiger partial charge on any atom is -0.487 e. The van der Waals surface area contributed by atoms with E-state index < -0.39 is 4.92 Å². The van der Waals surface area contributed by atoms with Crippen LogP contribution in [0.15, 0.2) is 47.6 Å². The van der Waals surface area contributed by atoms with E-state index in [1.165, 1.54) is 6.07 Å². The summed E-state index contributed by atoms with van der Waals surface area (Å²) < 4.78 is 7.20. The smallest absolute Gasteiger partial charge is 0.311 e. The number of rotatable bonds is 6. The van der Waals surface area contributed by atoms with Gasteiger partial charge < -0.3 is 9.30 Å². The quantitative estimate of drug-likeness (QED) is 0.414. The molecule has 0 unspecified atom stereocenters. The summed E-state index contributed by atoms with van der Waals surface area (Å²) in [5, 5.41) is 15.6. The predicted octanol–water partition coefficient (Wildman–Crippen LogP) is 3.72. The van der Waals surface area contributed by atoms with Crippen LogP contribution in [-0.2, 0) is 7.05 Å². The minimum atomic E-state index is -0.458. The van der Waals surface area contributed by atoms with E-state index in [1.54, 1.807) is 26.0 Å². The van der Waals surface area contributed by atoms with E-state index in [0.717, 1.165) is 11.0 Å². The number of nitrogens with one attached hydrogen (secondary N) is 1. The van der Waals surface area contributed by atoms with Crippen LogP contribution in [-0.4, -0.2) is 26.8 Å². The van der Waals surface area contributed by atoms with Crippen molar-refractivity contribution in [2.45, 2.75) is 13.8 Å². The number of benzene rings is 2. The second-order valence-corrected chi connectivity index (χ2v) is 5.66. The predicted molar refractivity (Wildman–Crippen MR) is 101 cm³/mol. The number of imidazole rings is 1. The molecule has 0 amide bonds. The van der Waals surface area contributed by atoms with Gasteiger partial charge in [-0.3, -0.25) is 10.1 Å². The number of ether oxygens (including phenoxy) is 1. The van der Waals surface area contributed by atoms with E-state index in [4.69, 9.17) is 4.74 Å². The summed E-state index contributed by atoms with van der Waals surface area (Å²) in [5.74, 6) is 0.836. The summed E-state index contributed by atoms with van der Waals surface area (Å²) in [4.78, 5) is 15.3. The highest BCUT2D eigenvalue weighted by Crippen LogP contribution is 2.28. The lowest BCUT2D eigenvalue weighted by Gasteiger charge is -2.07. The molecule has 1 aromatic heterocycles. The van der Waals surface area contributed by atoms with Crippen LogP contribution in [0.1, 0.15) is 19.4 Å². The maximum atomic E-state index is 11.3. The van der Waals surface area contributed by atoms with Crippen LogP contribution >= 0.6 is 0 Å². The van der Waals surface area contributed by atoms with Crippen molar-refractivity contribution in [2.24, 2.45) is 12.1 Å². The molecule has 8 nitrogen and oxygen atoms in total. The molecule has 0 aliphatic carbocycles. The first-order valence-corrected chi connectivity index (χ1v) is 8.14. The number of aryl methyl sites for hydroxylation is 1. The van der Waals surface area contributed by atoms with Gasteiger partial charge in [0.2, 0.25) is 5.95 Å². The third-order valence-electron chi connectivity index (χ3n) is 3.98. The second-order valence-electron chi connectivity index (χ2n) is 5.66. The standard InChI is InChI=1S/C18H19N5O3/c1-4-26-17-10-9-13(11-16(17)23(24)25)12(2)20-21-18-19-14-7-5-6-8-15(14)22(18)3/h5-11H,4H2,1-3H3,(H,19,21)/b20-12+. The summed E-state index contributed by atoms with van der Waals surface area (Å²) in [6, 6.07) is 12.6. The molecular weight excluding hydrogens is 334 g/mol. The van der Waals surface area contributed by atoms with Crippen molar-refractivity contribution < 1.29 is 9.66 Å². The maximum absolute atomic E-state index is 11.3. The lowest BCUT2D eigenvalue weighted by molar-refractivity contribution is -0.385. The monoisotopic (exact) mass is 353 g/mol. The Balaban J connectivity index is 1.88. The van der Waals surface area contributed by atoms with E-state index in [-0.39, 0.29) is 11.4 Å². The SMILES string of the molecule is CCOc1ccc(/C(C)=N/Nc2nc3ccccc3n2C)cc1[N+](=O)[O-]. The van der Waals surface area contributed by atoms with Gasteiger partial charge in [0.1, 0.15) is 0 Å². The molecule has 3 aromatic rings. The second kappa shape index (κ2) is 7.22. The molecular formula is C18H19N5O3. The number of hydrazone groups is 1. The molecule has 0 aliphatic heterocycles. The average molecular weight is 353 g/mol. The van der Waals surface area contributed by atoms with Crippen LogP contribution in [0.5, 0.6) is 5.75 Å². The molecule has 0 radical (unpaired) electrons. The number of para-hydroxylation sites is 2. The van der Waals surface area contributed by atoms with Crippen LogP contribution in [0.4, 0.5) is 11.6 Å². The summed E-state index contributed by atoms with van der Waals surface area (Å²) >= 11 is 0. The average Bonchev–Trinajstić information content (AvgIpc) is 2.96. The van der Waals surface area contributed by atoms with Gasteiger partial charge in [-0.1, -0.05) is 12.1 Å². The van der Waals surface area contributed by atoms with Crippen LogP contribution in [0, 0.1) is 10.1 Å². The number of hydrogen-bond donors (Lipinski definition) is 1. The van der Waals surface area contributed by atoms with E-state index in [2.05, 4.69) is 15.5 Å². The normalized spacial score (nSPS) is 11.6. The minimum absolute atomic E-state index is 0.0818. The lowest BCUT2D eigenvalue weighted by atomic mass is 10.1. The molecule has 8 heteroatoms. The molecule has 0 fully saturated rings. The van der Waals surface area contributed by atoms with Gasteiger partial charge in [-0.05, 0) is 38.1 Å². The first-order chi connectivity index (χ1) is 12.5. The van der Waals surface area contributed by atoms with Crippen molar-refractivity contribution in [3.63, 3.8) is 0 Å². The van der Waals surface area contributed by atoms with Gasteiger partial charge in [0.25, 0.3) is 0 Å².